The third kappa shape index (κ3) is 5.30. The molecule has 0 radical (unpaired) electrons. The van der Waals surface area contributed by atoms with Crippen molar-refractivity contribution in [2.75, 3.05) is 18.8 Å². The monoisotopic (exact) mass is 312 g/mol. The van der Waals surface area contributed by atoms with Crippen molar-refractivity contribution in [2.24, 2.45) is 5.73 Å². The fourth-order valence-corrected chi connectivity index (χ4v) is 3.04. The SMILES string of the molecule is NC[C@H]1CC[C@@H](C(=O)NCCCSc2ccc(F)cc2)O1. The van der Waals surface area contributed by atoms with Gasteiger partial charge < -0.3 is 15.8 Å². The summed E-state index contributed by atoms with van der Waals surface area (Å²) in [5.41, 5.74) is 5.52. The van der Waals surface area contributed by atoms with Crippen LogP contribution in [-0.4, -0.2) is 37.0 Å². The summed E-state index contributed by atoms with van der Waals surface area (Å²) >= 11 is 1.65. The van der Waals surface area contributed by atoms with E-state index in [0.29, 0.717) is 13.1 Å². The summed E-state index contributed by atoms with van der Waals surface area (Å²) in [6, 6.07) is 6.43. The number of rotatable bonds is 7. The first-order valence-corrected chi connectivity index (χ1v) is 8.19. The molecule has 2 rings (SSSR count). The van der Waals surface area contributed by atoms with Gasteiger partial charge in [0.1, 0.15) is 11.9 Å². The van der Waals surface area contributed by atoms with Crippen molar-refractivity contribution >= 4 is 17.7 Å². The number of nitrogens with one attached hydrogen (secondary N) is 1. The topological polar surface area (TPSA) is 64.4 Å². The Morgan fingerprint density at radius 2 is 2.14 bits per heavy atom. The number of benzene rings is 1. The van der Waals surface area contributed by atoms with Crippen LogP contribution in [0.1, 0.15) is 19.3 Å². The average Bonchev–Trinajstić information content (AvgIpc) is 2.98. The maximum absolute atomic E-state index is 12.7. The third-order valence-electron chi connectivity index (χ3n) is 3.37. The van der Waals surface area contributed by atoms with Crippen LogP contribution >= 0.6 is 11.8 Å². The number of hydrogen-bond acceptors (Lipinski definition) is 4. The highest BCUT2D eigenvalue weighted by Crippen LogP contribution is 2.20. The van der Waals surface area contributed by atoms with Crippen molar-refractivity contribution in [1.29, 1.82) is 0 Å². The molecule has 2 atom stereocenters. The maximum atomic E-state index is 12.7. The normalized spacial score (nSPS) is 21.4. The number of halogens is 1. The van der Waals surface area contributed by atoms with Gasteiger partial charge in [0.05, 0.1) is 6.10 Å². The molecule has 1 aromatic carbocycles. The largest absolute Gasteiger partial charge is 0.364 e. The summed E-state index contributed by atoms with van der Waals surface area (Å²) in [5.74, 6) is 0.611. The summed E-state index contributed by atoms with van der Waals surface area (Å²) in [6.07, 6.45) is 2.14. The Morgan fingerprint density at radius 1 is 1.38 bits per heavy atom. The second-order valence-corrected chi connectivity index (χ2v) is 6.18. The van der Waals surface area contributed by atoms with Gasteiger partial charge in [-0.15, -0.1) is 11.8 Å². The van der Waals surface area contributed by atoms with Crippen LogP contribution in [0.3, 0.4) is 0 Å². The molecule has 0 unspecified atom stereocenters. The molecule has 1 amide bonds. The summed E-state index contributed by atoms with van der Waals surface area (Å²) in [4.78, 5) is 12.9. The number of carbonyl (C=O) groups is 1. The summed E-state index contributed by atoms with van der Waals surface area (Å²) in [5, 5.41) is 2.89. The molecule has 21 heavy (non-hydrogen) atoms. The highest BCUT2D eigenvalue weighted by Gasteiger charge is 2.29. The summed E-state index contributed by atoms with van der Waals surface area (Å²) < 4.78 is 18.3. The molecule has 0 spiro atoms. The fourth-order valence-electron chi connectivity index (χ4n) is 2.19. The zero-order valence-electron chi connectivity index (χ0n) is 11.9. The molecule has 0 aromatic heterocycles. The molecule has 1 aromatic rings. The van der Waals surface area contributed by atoms with Crippen LogP contribution in [0, 0.1) is 5.82 Å². The predicted octanol–water partition coefficient (Wildman–Crippen LogP) is 1.93. The lowest BCUT2D eigenvalue weighted by Gasteiger charge is -2.12. The van der Waals surface area contributed by atoms with Crippen molar-refractivity contribution in [3.8, 4) is 0 Å². The molecular formula is C15H21FN2O2S. The van der Waals surface area contributed by atoms with Gasteiger partial charge in [0, 0.05) is 18.0 Å². The zero-order valence-corrected chi connectivity index (χ0v) is 12.7. The van der Waals surface area contributed by atoms with Crippen LogP contribution in [0.5, 0.6) is 0 Å². The Balaban J connectivity index is 1.57. The number of nitrogens with two attached hydrogens (primary N) is 1. The fraction of sp³-hybridized carbons (Fsp3) is 0.533. The minimum atomic E-state index is -0.344. The third-order valence-corrected chi connectivity index (χ3v) is 4.46. The molecule has 1 fully saturated rings. The first-order valence-electron chi connectivity index (χ1n) is 7.20. The van der Waals surface area contributed by atoms with E-state index in [2.05, 4.69) is 5.32 Å². The Bertz CT molecular complexity index is 455. The lowest BCUT2D eigenvalue weighted by Crippen LogP contribution is -2.36. The highest BCUT2D eigenvalue weighted by atomic mass is 32.2. The number of carbonyl (C=O) groups excluding carboxylic acids is 1. The van der Waals surface area contributed by atoms with Gasteiger partial charge in [-0.3, -0.25) is 4.79 Å². The molecule has 3 N–H and O–H groups in total. The van der Waals surface area contributed by atoms with E-state index < -0.39 is 0 Å². The van der Waals surface area contributed by atoms with E-state index in [1.165, 1.54) is 12.1 Å². The lowest BCUT2D eigenvalue weighted by atomic mass is 10.2. The lowest BCUT2D eigenvalue weighted by molar-refractivity contribution is -0.131. The molecule has 0 bridgehead atoms. The summed E-state index contributed by atoms with van der Waals surface area (Å²) in [7, 11) is 0. The van der Waals surface area contributed by atoms with E-state index in [0.717, 1.165) is 29.9 Å². The van der Waals surface area contributed by atoms with E-state index in [1.807, 2.05) is 0 Å². The molecule has 0 aliphatic carbocycles. The Morgan fingerprint density at radius 3 is 2.81 bits per heavy atom. The Hall–Kier alpha value is -1.11. The van der Waals surface area contributed by atoms with Crippen LogP contribution in [0.2, 0.25) is 0 Å². The van der Waals surface area contributed by atoms with Crippen LogP contribution in [0.25, 0.3) is 0 Å². The average molecular weight is 312 g/mol. The minimum Gasteiger partial charge on any atom is -0.364 e. The molecular weight excluding hydrogens is 291 g/mol. The molecule has 1 aliphatic heterocycles. The van der Waals surface area contributed by atoms with Crippen molar-refractivity contribution in [3.05, 3.63) is 30.1 Å². The van der Waals surface area contributed by atoms with Crippen molar-refractivity contribution in [1.82, 2.24) is 5.32 Å². The Kier molecular flexibility index (Phi) is 6.48. The second kappa shape index (κ2) is 8.36. The molecule has 116 valence electrons. The van der Waals surface area contributed by atoms with Gasteiger partial charge in [-0.2, -0.15) is 0 Å². The number of hydrogen-bond donors (Lipinski definition) is 2. The van der Waals surface area contributed by atoms with E-state index in [9.17, 15) is 9.18 Å². The van der Waals surface area contributed by atoms with Crippen LogP contribution in [0.4, 0.5) is 4.39 Å². The van der Waals surface area contributed by atoms with Crippen LogP contribution in [-0.2, 0) is 9.53 Å². The first kappa shape index (κ1) is 16.3. The quantitative estimate of drug-likeness (QED) is 0.596. The predicted molar refractivity (Wildman–Crippen MR) is 81.7 cm³/mol. The molecule has 1 heterocycles. The van der Waals surface area contributed by atoms with Gasteiger partial charge in [-0.1, -0.05) is 0 Å². The number of amides is 1. The van der Waals surface area contributed by atoms with E-state index in [1.54, 1.807) is 23.9 Å². The summed E-state index contributed by atoms with van der Waals surface area (Å²) in [6.45, 7) is 1.10. The minimum absolute atomic E-state index is 0.0229. The van der Waals surface area contributed by atoms with Gasteiger partial charge in [-0.25, -0.2) is 4.39 Å². The highest BCUT2D eigenvalue weighted by molar-refractivity contribution is 7.99. The maximum Gasteiger partial charge on any atom is 0.249 e. The van der Waals surface area contributed by atoms with Crippen LogP contribution < -0.4 is 11.1 Å². The Labute approximate surface area is 128 Å². The smallest absolute Gasteiger partial charge is 0.249 e. The molecule has 4 nitrogen and oxygen atoms in total. The van der Waals surface area contributed by atoms with E-state index in [-0.39, 0.29) is 23.9 Å². The van der Waals surface area contributed by atoms with Gasteiger partial charge in [0.25, 0.3) is 0 Å². The second-order valence-electron chi connectivity index (χ2n) is 5.01. The van der Waals surface area contributed by atoms with E-state index in [4.69, 9.17) is 10.5 Å². The first-order chi connectivity index (χ1) is 10.2. The van der Waals surface area contributed by atoms with Crippen LogP contribution in [0.15, 0.2) is 29.2 Å². The van der Waals surface area contributed by atoms with Gasteiger partial charge in [0.2, 0.25) is 5.91 Å². The molecule has 1 saturated heterocycles. The van der Waals surface area contributed by atoms with Gasteiger partial charge in [0.15, 0.2) is 0 Å². The van der Waals surface area contributed by atoms with Gasteiger partial charge in [-0.05, 0) is 49.3 Å². The number of ether oxygens (including phenoxy) is 1. The van der Waals surface area contributed by atoms with Crippen molar-refractivity contribution < 1.29 is 13.9 Å². The van der Waals surface area contributed by atoms with Crippen molar-refractivity contribution in [3.63, 3.8) is 0 Å². The molecule has 0 saturated carbocycles. The van der Waals surface area contributed by atoms with Gasteiger partial charge >= 0.3 is 0 Å². The number of thioether (sulfide) groups is 1. The van der Waals surface area contributed by atoms with Crippen molar-refractivity contribution in [2.45, 2.75) is 36.4 Å². The van der Waals surface area contributed by atoms with E-state index >= 15 is 0 Å². The zero-order chi connectivity index (χ0) is 15.1. The molecule has 6 heteroatoms. The molecule has 1 aliphatic rings. The standard InChI is InChI=1S/C15H21FN2O2S/c16-11-2-5-13(6-3-11)21-9-1-8-18-15(19)14-7-4-12(10-17)20-14/h2-3,5-6,12,14H,1,4,7-10,17H2,(H,18,19)/t12-,14+/m1/s1.